The molecule has 0 saturated heterocycles. The SMILES string of the molecule is [CH2]CNc1c(N)c(=O)c1=O. The van der Waals surface area contributed by atoms with Crippen LogP contribution in [0.3, 0.4) is 0 Å². The highest BCUT2D eigenvalue weighted by atomic mass is 16.2. The molecule has 0 spiro atoms. The Morgan fingerprint density at radius 2 is 2.00 bits per heavy atom. The summed E-state index contributed by atoms with van der Waals surface area (Å²) in [5.41, 5.74) is 4.25. The van der Waals surface area contributed by atoms with Crippen LogP contribution in [0.4, 0.5) is 11.4 Å². The largest absolute Gasteiger partial charge is 0.394 e. The summed E-state index contributed by atoms with van der Waals surface area (Å²) in [5, 5.41) is 2.59. The van der Waals surface area contributed by atoms with Crippen LogP contribution in [-0.2, 0) is 0 Å². The molecule has 0 bridgehead atoms. The van der Waals surface area contributed by atoms with Crippen molar-refractivity contribution in [3.63, 3.8) is 0 Å². The lowest BCUT2D eigenvalue weighted by molar-refractivity contribution is 1.28. The molecule has 0 atom stereocenters. The average Bonchev–Trinajstić information content (AvgIpc) is 1.98. The van der Waals surface area contributed by atoms with Crippen molar-refractivity contribution in [2.75, 3.05) is 17.6 Å². The average molecular weight is 139 g/mol. The zero-order chi connectivity index (χ0) is 7.72. The lowest BCUT2D eigenvalue weighted by atomic mass is 10.2. The second-order valence-corrected chi connectivity index (χ2v) is 1.87. The number of rotatable bonds is 2. The molecule has 0 heterocycles. The Hall–Kier alpha value is -1.32. The van der Waals surface area contributed by atoms with Gasteiger partial charge in [0, 0.05) is 6.54 Å². The second kappa shape index (κ2) is 2.13. The van der Waals surface area contributed by atoms with Crippen molar-refractivity contribution in [1.82, 2.24) is 0 Å². The normalized spacial score (nSPS) is 10.1. The molecule has 53 valence electrons. The maximum atomic E-state index is 10.6. The fourth-order valence-corrected chi connectivity index (χ4v) is 0.710. The van der Waals surface area contributed by atoms with Gasteiger partial charge in [0.25, 0.3) is 10.9 Å². The van der Waals surface area contributed by atoms with E-state index in [2.05, 4.69) is 12.2 Å². The van der Waals surface area contributed by atoms with E-state index in [1.54, 1.807) is 0 Å². The number of nitrogens with one attached hydrogen (secondary N) is 1. The highest BCUT2D eigenvalue weighted by molar-refractivity contribution is 5.71. The molecular formula is C6H7N2O2. The molecule has 4 nitrogen and oxygen atoms in total. The van der Waals surface area contributed by atoms with Gasteiger partial charge >= 0.3 is 0 Å². The van der Waals surface area contributed by atoms with E-state index in [-0.39, 0.29) is 11.4 Å². The van der Waals surface area contributed by atoms with Crippen LogP contribution in [-0.4, -0.2) is 6.54 Å². The maximum absolute atomic E-state index is 10.6. The van der Waals surface area contributed by atoms with E-state index in [0.717, 1.165) is 0 Å². The highest BCUT2D eigenvalue weighted by Crippen LogP contribution is 2.07. The smallest absolute Gasteiger partial charge is 0.253 e. The number of nitrogen functional groups attached to an aromatic ring is 1. The van der Waals surface area contributed by atoms with Crippen molar-refractivity contribution >= 4 is 11.4 Å². The summed E-state index contributed by atoms with van der Waals surface area (Å²) < 4.78 is 0. The van der Waals surface area contributed by atoms with Gasteiger partial charge in [-0.1, -0.05) is 0 Å². The first-order valence-electron chi connectivity index (χ1n) is 2.80. The lowest BCUT2D eigenvalue weighted by Crippen LogP contribution is -2.36. The third-order valence-corrected chi connectivity index (χ3v) is 1.25. The second-order valence-electron chi connectivity index (χ2n) is 1.87. The van der Waals surface area contributed by atoms with Crippen molar-refractivity contribution < 1.29 is 0 Å². The van der Waals surface area contributed by atoms with Crippen LogP contribution in [0.25, 0.3) is 0 Å². The lowest BCUT2D eigenvalue weighted by Gasteiger charge is -2.05. The van der Waals surface area contributed by atoms with Gasteiger partial charge in [-0.3, -0.25) is 9.59 Å². The van der Waals surface area contributed by atoms with E-state index < -0.39 is 10.9 Å². The fraction of sp³-hybridized carbons (Fsp3) is 0.167. The summed E-state index contributed by atoms with van der Waals surface area (Å²) in [4.78, 5) is 21.0. The van der Waals surface area contributed by atoms with Crippen molar-refractivity contribution in [2.24, 2.45) is 0 Å². The molecule has 0 amide bonds. The molecule has 0 aliphatic rings. The fourth-order valence-electron chi connectivity index (χ4n) is 0.710. The standard InChI is InChI=1S/C6H7N2O2/c1-2-8-4-3(7)5(9)6(4)10/h8H,1-2,7H2. The quantitative estimate of drug-likeness (QED) is 0.521. The van der Waals surface area contributed by atoms with Crippen LogP contribution in [0.5, 0.6) is 0 Å². The topological polar surface area (TPSA) is 72.2 Å². The van der Waals surface area contributed by atoms with Gasteiger partial charge in [-0.2, -0.15) is 0 Å². The molecule has 0 fully saturated rings. The van der Waals surface area contributed by atoms with Gasteiger partial charge in [-0.25, -0.2) is 0 Å². The van der Waals surface area contributed by atoms with Gasteiger partial charge in [-0.15, -0.1) is 0 Å². The molecule has 1 rings (SSSR count). The summed E-state index contributed by atoms with van der Waals surface area (Å²) in [6.45, 7) is 3.79. The molecule has 4 heteroatoms. The van der Waals surface area contributed by atoms with E-state index in [1.807, 2.05) is 0 Å². The van der Waals surface area contributed by atoms with Gasteiger partial charge in [0.05, 0.1) is 0 Å². The molecule has 3 N–H and O–H groups in total. The van der Waals surface area contributed by atoms with Gasteiger partial charge in [-0.05, 0) is 6.92 Å². The predicted octanol–water partition coefficient (Wildman–Crippen LogP) is -0.889. The number of nitrogens with two attached hydrogens (primary N) is 1. The van der Waals surface area contributed by atoms with Crippen LogP contribution in [0.1, 0.15) is 0 Å². The van der Waals surface area contributed by atoms with Gasteiger partial charge < -0.3 is 11.1 Å². The first kappa shape index (κ1) is 6.80. The van der Waals surface area contributed by atoms with Crippen LogP contribution < -0.4 is 21.9 Å². The highest BCUT2D eigenvalue weighted by Gasteiger charge is 2.15. The van der Waals surface area contributed by atoms with Crippen molar-refractivity contribution in [2.45, 2.75) is 0 Å². The Labute approximate surface area is 57.4 Å². The molecule has 1 radical (unpaired) electrons. The Morgan fingerprint density at radius 1 is 1.40 bits per heavy atom. The van der Waals surface area contributed by atoms with Crippen LogP contribution in [0, 0.1) is 6.92 Å². The van der Waals surface area contributed by atoms with E-state index in [4.69, 9.17) is 5.73 Å². The van der Waals surface area contributed by atoms with Crippen LogP contribution >= 0.6 is 0 Å². The summed E-state index contributed by atoms with van der Waals surface area (Å²) in [5.74, 6) is 0. The number of hydrogen-bond acceptors (Lipinski definition) is 4. The van der Waals surface area contributed by atoms with Crippen molar-refractivity contribution in [3.05, 3.63) is 27.4 Å². The van der Waals surface area contributed by atoms with E-state index in [1.165, 1.54) is 0 Å². The number of hydrogen-bond donors (Lipinski definition) is 2. The third kappa shape index (κ3) is 0.689. The molecule has 0 unspecified atom stereocenters. The Bertz CT molecular complexity index is 309. The Kier molecular flexibility index (Phi) is 1.45. The van der Waals surface area contributed by atoms with Crippen LogP contribution in [0.15, 0.2) is 9.59 Å². The van der Waals surface area contributed by atoms with Crippen LogP contribution in [0.2, 0.25) is 0 Å². The minimum absolute atomic E-state index is 0.0219. The first-order chi connectivity index (χ1) is 4.68. The predicted molar refractivity (Wildman–Crippen MR) is 39.6 cm³/mol. The summed E-state index contributed by atoms with van der Waals surface area (Å²) in [6.07, 6.45) is 0. The Morgan fingerprint density at radius 3 is 2.40 bits per heavy atom. The zero-order valence-corrected chi connectivity index (χ0v) is 5.31. The summed E-state index contributed by atoms with van der Waals surface area (Å²) >= 11 is 0. The van der Waals surface area contributed by atoms with E-state index in [9.17, 15) is 9.59 Å². The molecular weight excluding hydrogens is 132 g/mol. The maximum Gasteiger partial charge on any atom is 0.253 e. The van der Waals surface area contributed by atoms with Gasteiger partial charge in [0.2, 0.25) is 0 Å². The molecule has 0 aliphatic carbocycles. The summed E-state index contributed by atoms with van der Waals surface area (Å²) in [6, 6.07) is 0. The van der Waals surface area contributed by atoms with E-state index >= 15 is 0 Å². The third-order valence-electron chi connectivity index (χ3n) is 1.25. The number of anilines is 2. The minimum Gasteiger partial charge on any atom is -0.394 e. The van der Waals surface area contributed by atoms with E-state index in [0.29, 0.717) is 6.54 Å². The minimum atomic E-state index is -0.601. The van der Waals surface area contributed by atoms with Gasteiger partial charge in [0.1, 0.15) is 11.4 Å². The van der Waals surface area contributed by atoms with Gasteiger partial charge in [0.15, 0.2) is 0 Å². The molecule has 0 aromatic heterocycles. The zero-order valence-electron chi connectivity index (χ0n) is 5.31. The Balaban J connectivity index is 2.99. The first-order valence-corrected chi connectivity index (χ1v) is 2.80. The molecule has 10 heavy (non-hydrogen) atoms. The molecule has 0 saturated carbocycles. The summed E-state index contributed by atoms with van der Waals surface area (Å²) in [7, 11) is 0. The molecule has 1 aromatic carbocycles. The molecule has 0 aliphatic heterocycles. The molecule has 1 aromatic rings. The van der Waals surface area contributed by atoms with Crippen molar-refractivity contribution in [3.8, 4) is 0 Å². The van der Waals surface area contributed by atoms with Crippen molar-refractivity contribution in [1.29, 1.82) is 0 Å². The monoisotopic (exact) mass is 139 g/mol.